The van der Waals surface area contributed by atoms with Gasteiger partial charge in [0.05, 0.1) is 12.3 Å². The van der Waals surface area contributed by atoms with E-state index < -0.39 is 0 Å². The minimum absolute atomic E-state index is 0.281. The number of nitrogens with zero attached hydrogens (tertiary/aromatic N) is 1. The zero-order chi connectivity index (χ0) is 9.10. The standard InChI is InChI=1S/C9H10BrNO2/c10-9-2-1-7(5-11-9)13-6-8-3-4-12-8/h1-2,5,8H,3-4,6H2. The first-order chi connectivity index (χ1) is 6.34. The Labute approximate surface area is 85.2 Å². The third-order valence-corrected chi connectivity index (χ3v) is 2.40. The molecular weight excluding hydrogens is 234 g/mol. The van der Waals surface area contributed by atoms with Gasteiger partial charge in [-0.25, -0.2) is 4.98 Å². The molecule has 0 radical (unpaired) electrons. The first kappa shape index (κ1) is 8.97. The first-order valence-electron chi connectivity index (χ1n) is 4.20. The van der Waals surface area contributed by atoms with Crippen molar-refractivity contribution in [3.8, 4) is 5.75 Å². The summed E-state index contributed by atoms with van der Waals surface area (Å²) in [6, 6.07) is 3.74. The van der Waals surface area contributed by atoms with E-state index in [2.05, 4.69) is 20.9 Å². The van der Waals surface area contributed by atoms with Crippen molar-refractivity contribution in [2.75, 3.05) is 13.2 Å². The molecule has 2 heterocycles. The van der Waals surface area contributed by atoms with E-state index in [4.69, 9.17) is 9.47 Å². The monoisotopic (exact) mass is 243 g/mol. The number of rotatable bonds is 3. The summed E-state index contributed by atoms with van der Waals surface area (Å²) in [7, 11) is 0. The third kappa shape index (κ3) is 2.42. The molecule has 3 nitrogen and oxygen atoms in total. The predicted molar refractivity (Wildman–Crippen MR) is 51.8 cm³/mol. The van der Waals surface area contributed by atoms with Crippen LogP contribution in [0.2, 0.25) is 0 Å². The Kier molecular flexibility index (Phi) is 2.80. The molecule has 1 fully saturated rings. The summed E-state index contributed by atoms with van der Waals surface area (Å²) in [6.45, 7) is 1.50. The van der Waals surface area contributed by atoms with Gasteiger partial charge < -0.3 is 9.47 Å². The highest BCUT2D eigenvalue weighted by Crippen LogP contribution is 2.16. The van der Waals surface area contributed by atoms with Crippen LogP contribution in [-0.4, -0.2) is 24.3 Å². The number of ether oxygens (including phenoxy) is 2. The van der Waals surface area contributed by atoms with Gasteiger partial charge in [-0.3, -0.25) is 0 Å². The third-order valence-electron chi connectivity index (χ3n) is 1.93. The highest BCUT2D eigenvalue weighted by atomic mass is 79.9. The van der Waals surface area contributed by atoms with Gasteiger partial charge in [-0.1, -0.05) is 0 Å². The van der Waals surface area contributed by atoms with Crippen LogP contribution in [0.5, 0.6) is 5.75 Å². The van der Waals surface area contributed by atoms with Gasteiger partial charge in [0.25, 0.3) is 0 Å². The van der Waals surface area contributed by atoms with Gasteiger partial charge in [0.15, 0.2) is 0 Å². The average molecular weight is 244 g/mol. The largest absolute Gasteiger partial charge is 0.489 e. The molecule has 2 rings (SSSR count). The maximum absolute atomic E-state index is 5.46. The van der Waals surface area contributed by atoms with Crippen molar-refractivity contribution in [2.45, 2.75) is 12.5 Å². The van der Waals surface area contributed by atoms with Crippen molar-refractivity contribution in [3.05, 3.63) is 22.9 Å². The van der Waals surface area contributed by atoms with Crippen LogP contribution in [-0.2, 0) is 4.74 Å². The quantitative estimate of drug-likeness (QED) is 0.762. The molecule has 1 atom stereocenters. The van der Waals surface area contributed by atoms with Crippen LogP contribution in [0.15, 0.2) is 22.9 Å². The lowest BCUT2D eigenvalue weighted by atomic mass is 10.2. The molecule has 1 saturated heterocycles. The van der Waals surface area contributed by atoms with E-state index >= 15 is 0 Å². The highest BCUT2D eigenvalue weighted by Gasteiger charge is 2.18. The summed E-state index contributed by atoms with van der Waals surface area (Å²) >= 11 is 3.26. The van der Waals surface area contributed by atoms with Gasteiger partial charge in [-0.2, -0.15) is 0 Å². The first-order valence-corrected chi connectivity index (χ1v) is 5.00. The fourth-order valence-electron chi connectivity index (χ4n) is 1.05. The smallest absolute Gasteiger partial charge is 0.137 e. The van der Waals surface area contributed by atoms with E-state index in [0.29, 0.717) is 6.61 Å². The van der Waals surface area contributed by atoms with Crippen molar-refractivity contribution < 1.29 is 9.47 Å². The lowest BCUT2D eigenvalue weighted by molar-refractivity contribution is -0.0721. The Bertz CT molecular complexity index is 271. The van der Waals surface area contributed by atoms with E-state index in [1.165, 1.54) is 0 Å². The number of halogens is 1. The maximum Gasteiger partial charge on any atom is 0.137 e. The Morgan fingerprint density at radius 2 is 2.46 bits per heavy atom. The lowest BCUT2D eigenvalue weighted by Gasteiger charge is -2.25. The Morgan fingerprint density at radius 1 is 1.62 bits per heavy atom. The summed E-state index contributed by atoms with van der Waals surface area (Å²) in [5.74, 6) is 0.790. The van der Waals surface area contributed by atoms with Crippen molar-refractivity contribution in [1.82, 2.24) is 4.98 Å². The number of pyridine rings is 1. The normalized spacial score (nSPS) is 20.8. The fraction of sp³-hybridized carbons (Fsp3) is 0.444. The molecule has 13 heavy (non-hydrogen) atoms. The van der Waals surface area contributed by atoms with E-state index in [1.54, 1.807) is 6.20 Å². The lowest BCUT2D eigenvalue weighted by Crippen LogP contribution is -2.32. The van der Waals surface area contributed by atoms with E-state index in [0.717, 1.165) is 23.4 Å². The van der Waals surface area contributed by atoms with Gasteiger partial charge >= 0.3 is 0 Å². The van der Waals surface area contributed by atoms with E-state index in [1.807, 2.05) is 12.1 Å². The van der Waals surface area contributed by atoms with Crippen LogP contribution in [0.3, 0.4) is 0 Å². The highest BCUT2D eigenvalue weighted by molar-refractivity contribution is 9.10. The molecule has 70 valence electrons. The molecule has 0 aromatic carbocycles. The molecule has 0 spiro atoms. The minimum Gasteiger partial charge on any atom is -0.489 e. The SMILES string of the molecule is Brc1ccc(OCC2CCO2)cn1. The summed E-state index contributed by atoms with van der Waals surface area (Å²) in [6.07, 6.45) is 3.08. The topological polar surface area (TPSA) is 31.4 Å². The fourth-order valence-corrected chi connectivity index (χ4v) is 1.29. The molecule has 0 N–H and O–H groups in total. The van der Waals surface area contributed by atoms with Crippen molar-refractivity contribution >= 4 is 15.9 Å². The summed E-state index contributed by atoms with van der Waals surface area (Å²) < 4.78 is 11.5. The van der Waals surface area contributed by atoms with E-state index in [9.17, 15) is 0 Å². The second kappa shape index (κ2) is 4.07. The van der Waals surface area contributed by atoms with Crippen molar-refractivity contribution in [3.63, 3.8) is 0 Å². The van der Waals surface area contributed by atoms with Gasteiger partial charge in [-0.05, 0) is 28.1 Å². The molecular formula is C9H10BrNO2. The van der Waals surface area contributed by atoms with Crippen LogP contribution in [0, 0.1) is 0 Å². The molecule has 1 unspecified atom stereocenters. The molecule has 0 aliphatic carbocycles. The van der Waals surface area contributed by atoms with Gasteiger partial charge in [0, 0.05) is 13.0 Å². The second-order valence-corrected chi connectivity index (χ2v) is 3.72. The van der Waals surface area contributed by atoms with Gasteiger partial charge in [0.2, 0.25) is 0 Å². The van der Waals surface area contributed by atoms with Crippen molar-refractivity contribution in [2.24, 2.45) is 0 Å². The molecule has 1 aromatic rings. The van der Waals surface area contributed by atoms with Crippen LogP contribution < -0.4 is 4.74 Å². The summed E-state index contributed by atoms with van der Waals surface area (Å²) in [4.78, 5) is 4.05. The summed E-state index contributed by atoms with van der Waals surface area (Å²) in [5.41, 5.74) is 0. The molecule has 1 aromatic heterocycles. The number of hydrogen-bond acceptors (Lipinski definition) is 3. The average Bonchev–Trinajstić information content (AvgIpc) is 2.05. The molecule has 1 aliphatic rings. The Morgan fingerprint density at radius 3 is 3.00 bits per heavy atom. The molecule has 0 saturated carbocycles. The zero-order valence-electron chi connectivity index (χ0n) is 7.07. The maximum atomic E-state index is 5.46. The molecule has 0 amide bonds. The molecule has 4 heteroatoms. The zero-order valence-corrected chi connectivity index (χ0v) is 8.66. The van der Waals surface area contributed by atoms with Crippen LogP contribution in [0.25, 0.3) is 0 Å². The van der Waals surface area contributed by atoms with Gasteiger partial charge in [-0.15, -0.1) is 0 Å². The van der Waals surface area contributed by atoms with Crippen LogP contribution in [0.4, 0.5) is 0 Å². The minimum atomic E-state index is 0.281. The molecule has 1 aliphatic heterocycles. The van der Waals surface area contributed by atoms with Gasteiger partial charge in [0.1, 0.15) is 17.0 Å². The number of aromatic nitrogens is 1. The summed E-state index contributed by atoms with van der Waals surface area (Å²) in [5, 5.41) is 0. The molecule has 0 bridgehead atoms. The second-order valence-electron chi connectivity index (χ2n) is 2.91. The predicted octanol–water partition coefficient (Wildman–Crippen LogP) is 2.01. The van der Waals surface area contributed by atoms with E-state index in [-0.39, 0.29) is 6.10 Å². The van der Waals surface area contributed by atoms with Crippen LogP contribution >= 0.6 is 15.9 Å². The van der Waals surface area contributed by atoms with Crippen molar-refractivity contribution in [1.29, 1.82) is 0 Å². The Hall–Kier alpha value is -0.610. The van der Waals surface area contributed by atoms with Crippen LogP contribution in [0.1, 0.15) is 6.42 Å². The number of hydrogen-bond donors (Lipinski definition) is 0. The Balaban J connectivity index is 1.83.